The summed E-state index contributed by atoms with van der Waals surface area (Å²) in [6, 6.07) is 20.1. The van der Waals surface area contributed by atoms with Gasteiger partial charge in [-0.25, -0.2) is 9.36 Å². The normalized spacial score (nSPS) is 11.0. The van der Waals surface area contributed by atoms with Crippen LogP contribution in [0.1, 0.15) is 15.9 Å². The van der Waals surface area contributed by atoms with Gasteiger partial charge in [-0.1, -0.05) is 48.0 Å². The number of rotatable bonds is 5. The number of para-hydroxylation sites is 1. The Balaban J connectivity index is 1.89. The molecule has 1 N–H and O–H groups in total. The molecule has 0 radical (unpaired) electrons. The molecule has 0 amide bonds. The lowest BCUT2D eigenvalue weighted by molar-refractivity contribution is 0.0903. The molecule has 0 fully saturated rings. The van der Waals surface area contributed by atoms with Gasteiger partial charge in [0.05, 0.1) is 23.1 Å². The zero-order valence-electron chi connectivity index (χ0n) is 15.8. The molecule has 0 spiro atoms. The molecule has 0 saturated carbocycles. The van der Waals surface area contributed by atoms with Crippen LogP contribution in [0.5, 0.6) is 0 Å². The molecule has 4 rings (SSSR count). The molecule has 6 nitrogen and oxygen atoms in total. The molecule has 7 heteroatoms. The fourth-order valence-corrected chi connectivity index (χ4v) is 3.49. The van der Waals surface area contributed by atoms with Crippen molar-refractivity contribution in [1.82, 2.24) is 9.13 Å². The number of carbonyl (C=O) groups is 1. The second-order valence-electron chi connectivity index (χ2n) is 6.78. The number of hydrogen-bond donors (Lipinski definition) is 1. The van der Waals surface area contributed by atoms with Gasteiger partial charge in [-0.3, -0.25) is 14.2 Å². The molecule has 0 bridgehead atoms. The third-order valence-corrected chi connectivity index (χ3v) is 5.15. The van der Waals surface area contributed by atoms with Gasteiger partial charge >= 0.3 is 5.69 Å². The fourth-order valence-electron chi connectivity index (χ4n) is 3.36. The van der Waals surface area contributed by atoms with Gasteiger partial charge < -0.3 is 5.11 Å². The van der Waals surface area contributed by atoms with Gasteiger partial charge in [0.15, 0.2) is 5.78 Å². The monoisotopic (exact) mass is 420 g/mol. The highest BCUT2D eigenvalue weighted by Gasteiger charge is 2.15. The van der Waals surface area contributed by atoms with Gasteiger partial charge in [-0.05, 0) is 42.0 Å². The lowest BCUT2D eigenvalue weighted by Gasteiger charge is -2.14. The number of hydrogen-bond acceptors (Lipinski definition) is 4. The first-order chi connectivity index (χ1) is 14.5. The molecule has 0 aliphatic rings. The van der Waals surface area contributed by atoms with E-state index in [0.29, 0.717) is 27.2 Å². The summed E-state index contributed by atoms with van der Waals surface area (Å²) >= 11 is 5.95. The highest BCUT2D eigenvalue weighted by Crippen LogP contribution is 2.15. The minimum Gasteiger partial charge on any atom is -0.388 e. The number of aliphatic hydroxyl groups is 1. The van der Waals surface area contributed by atoms with E-state index >= 15 is 0 Å². The number of fused-ring (bicyclic) bond motifs is 1. The maximum atomic E-state index is 13.3. The highest BCUT2D eigenvalue weighted by atomic mass is 35.5. The van der Waals surface area contributed by atoms with Crippen LogP contribution in [0.15, 0.2) is 82.4 Å². The molecule has 0 unspecified atom stereocenters. The molecule has 0 aliphatic carbocycles. The maximum Gasteiger partial charge on any atom is 0.336 e. The van der Waals surface area contributed by atoms with Crippen LogP contribution in [0.2, 0.25) is 5.02 Å². The summed E-state index contributed by atoms with van der Waals surface area (Å²) in [5, 5.41) is 9.91. The summed E-state index contributed by atoms with van der Waals surface area (Å²) in [6.07, 6.45) is 0. The van der Waals surface area contributed by atoms with Crippen molar-refractivity contribution < 1.29 is 9.90 Å². The Kier molecular flexibility index (Phi) is 5.35. The summed E-state index contributed by atoms with van der Waals surface area (Å²) < 4.78 is 2.65. The van der Waals surface area contributed by atoms with Gasteiger partial charge in [0.25, 0.3) is 5.56 Å². The van der Waals surface area contributed by atoms with E-state index in [4.69, 9.17) is 16.7 Å². The lowest BCUT2D eigenvalue weighted by atomic mass is 10.1. The SMILES string of the molecule is O=C(CO)c1ccc(Cn2c(=O)n(-c3ccc(Cl)cc3)c(=O)c3ccccc32)cc1. The van der Waals surface area contributed by atoms with Gasteiger partial charge in [0.1, 0.15) is 6.61 Å². The fraction of sp³-hybridized carbons (Fsp3) is 0.0870. The zero-order valence-corrected chi connectivity index (χ0v) is 16.5. The van der Waals surface area contributed by atoms with Crippen molar-refractivity contribution in [2.75, 3.05) is 6.61 Å². The second kappa shape index (κ2) is 8.10. The van der Waals surface area contributed by atoms with E-state index in [1.54, 1.807) is 72.8 Å². The summed E-state index contributed by atoms with van der Waals surface area (Å²) in [5.41, 5.74) is 1.24. The molecule has 0 atom stereocenters. The number of aromatic nitrogens is 2. The first kappa shape index (κ1) is 19.8. The van der Waals surface area contributed by atoms with Crippen molar-refractivity contribution in [3.63, 3.8) is 0 Å². The zero-order chi connectivity index (χ0) is 21.3. The van der Waals surface area contributed by atoms with Crippen molar-refractivity contribution in [3.8, 4) is 5.69 Å². The Hall–Kier alpha value is -3.48. The van der Waals surface area contributed by atoms with Crippen LogP contribution in [-0.4, -0.2) is 26.6 Å². The van der Waals surface area contributed by atoms with Crippen LogP contribution in [-0.2, 0) is 6.54 Å². The molecule has 1 aromatic heterocycles. The van der Waals surface area contributed by atoms with Gasteiger partial charge in [-0.2, -0.15) is 0 Å². The molecule has 1 heterocycles. The average Bonchev–Trinajstić information content (AvgIpc) is 2.78. The van der Waals surface area contributed by atoms with E-state index in [0.717, 1.165) is 10.1 Å². The van der Waals surface area contributed by atoms with Gasteiger partial charge in [-0.15, -0.1) is 0 Å². The number of Topliss-reactive ketones (excluding diaryl/α,β-unsaturated/α-hetero) is 1. The minimum absolute atomic E-state index is 0.209. The number of nitrogens with zero attached hydrogens (tertiary/aromatic N) is 2. The Labute approximate surface area is 176 Å². The van der Waals surface area contributed by atoms with Crippen molar-refractivity contribution >= 4 is 28.3 Å². The second-order valence-corrected chi connectivity index (χ2v) is 7.22. The topological polar surface area (TPSA) is 81.3 Å². The van der Waals surface area contributed by atoms with Crippen LogP contribution in [0.3, 0.4) is 0 Å². The average molecular weight is 421 g/mol. The van der Waals surface area contributed by atoms with Crippen LogP contribution in [0.25, 0.3) is 16.6 Å². The third-order valence-electron chi connectivity index (χ3n) is 4.90. The van der Waals surface area contributed by atoms with Crippen LogP contribution < -0.4 is 11.2 Å². The predicted molar refractivity (Wildman–Crippen MR) is 116 cm³/mol. The molecule has 3 aromatic carbocycles. The van der Waals surface area contributed by atoms with E-state index in [9.17, 15) is 14.4 Å². The molecular weight excluding hydrogens is 404 g/mol. The van der Waals surface area contributed by atoms with Crippen molar-refractivity contribution in [2.24, 2.45) is 0 Å². The van der Waals surface area contributed by atoms with Crippen molar-refractivity contribution in [2.45, 2.75) is 6.54 Å². The van der Waals surface area contributed by atoms with Crippen LogP contribution in [0, 0.1) is 0 Å². The van der Waals surface area contributed by atoms with Crippen LogP contribution in [0.4, 0.5) is 0 Å². The molecule has 150 valence electrons. The van der Waals surface area contributed by atoms with Crippen molar-refractivity contribution in [3.05, 3.63) is 110 Å². The minimum atomic E-state index is -0.560. The van der Waals surface area contributed by atoms with E-state index in [1.807, 2.05) is 0 Å². The van der Waals surface area contributed by atoms with Crippen molar-refractivity contribution in [1.29, 1.82) is 0 Å². The Bertz CT molecular complexity index is 1350. The number of halogens is 1. The number of aliphatic hydroxyl groups excluding tert-OH is 1. The lowest BCUT2D eigenvalue weighted by Crippen LogP contribution is -2.39. The smallest absolute Gasteiger partial charge is 0.336 e. The van der Waals surface area contributed by atoms with E-state index in [2.05, 4.69) is 0 Å². The first-order valence-corrected chi connectivity index (χ1v) is 9.61. The summed E-state index contributed by atoms with van der Waals surface area (Å²) in [7, 11) is 0. The molecule has 0 aliphatic heterocycles. The molecule has 4 aromatic rings. The maximum absolute atomic E-state index is 13.3. The number of ketones is 1. The van der Waals surface area contributed by atoms with E-state index < -0.39 is 17.9 Å². The number of carbonyl (C=O) groups excluding carboxylic acids is 1. The highest BCUT2D eigenvalue weighted by molar-refractivity contribution is 6.30. The molecule has 0 saturated heterocycles. The Morgan fingerprint density at radius 3 is 2.23 bits per heavy atom. The largest absolute Gasteiger partial charge is 0.388 e. The molecule has 30 heavy (non-hydrogen) atoms. The predicted octanol–water partition coefficient (Wildman–Crippen LogP) is 3.03. The van der Waals surface area contributed by atoms with Gasteiger partial charge in [0.2, 0.25) is 0 Å². The van der Waals surface area contributed by atoms with Gasteiger partial charge in [0, 0.05) is 10.6 Å². The standard InChI is InChI=1S/C23H17ClN2O4/c24-17-9-11-18(12-10-17)26-22(29)19-3-1-2-4-20(19)25(23(26)30)13-15-5-7-16(8-6-15)21(28)14-27/h1-12,27H,13-14H2. The Morgan fingerprint density at radius 2 is 1.57 bits per heavy atom. The van der Waals surface area contributed by atoms with E-state index in [1.165, 1.54) is 4.57 Å². The number of benzene rings is 3. The summed E-state index contributed by atoms with van der Waals surface area (Å²) in [4.78, 5) is 38.0. The quantitative estimate of drug-likeness (QED) is 0.503. The summed E-state index contributed by atoms with van der Waals surface area (Å²) in [5.74, 6) is -0.375. The Morgan fingerprint density at radius 1 is 0.900 bits per heavy atom. The third kappa shape index (κ3) is 3.58. The molecular formula is C23H17ClN2O4. The summed E-state index contributed by atoms with van der Waals surface area (Å²) in [6.45, 7) is -0.351. The van der Waals surface area contributed by atoms with Crippen LogP contribution >= 0.6 is 11.6 Å². The van der Waals surface area contributed by atoms with E-state index in [-0.39, 0.29) is 12.3 Å². The first-order valence-electron chi connectivity index (χ1n) is 9.23.